The molecule has 0 aromatic heterocycles. The molecule has 4 rings (SSSR count). The molecule has 1 unspecified atom stereocenters. The van der Waals surface area contributed by atoms with Crippen LogP contribution in [0, 0.1) is 11.6 Å². The Morgan fingerprint density at radius 1 is 1.09 bits per heavy atom. The van der Waals surface area contributed by atoms with Gasteiger partial charge in [0.15, 0.2) is 0 Å². The number of aryl methyl sites for hydroxylation is 1. The Balaban J connectivity index is 1.43. The Kier molecular flexibility index (Phi) is 6.40. The lowest BCUT2D eigenvalue weighted by molar-refractivity contribution is -0.140. The van der Waals surface area contributed by atoms with Crippen LogP contribution >= 0.6 is 0 Å². The van der Waals surface area contributed by atoms with E-state index >= 15 is 0 Å². The molecular weight excluding hydrogens is 437 g/mol. The van der Waals surface area contributed by atoms with Crippen molar-refractivity contribution in [2.24, 2.45) is 0 Å². The van der Waals surface area contributed by atoms with E-state index in [0.717, 1.165) is 41.9 Å². The summed E-state index contributed by atoms with van der Waals surface area (Å²) in [6.07, 6.45) is -1.73. The number of nitrogens with two attached hydrogens (primary N) is 1. The van der Waals surface area contributed by atoms with Gasteiger partial charge in [0.25, 0.3) is 0 Å². The highest BCUT2D eigenvalue weighted by atomic mass is 19.4. The Labute approximate surface area is 190 Å². The SMILES string of the molecule is C=C(CN1CCC(c2ccc(F)c(C(F)(F)F)c2)CC1)N1c2c(N)cc(F)cc2CCC1C. The van der Waals surface area contributed by atoms with Gasteiger partial charge in [-0.2, -0.15) is 13.2 Å². The van der Waals surface area contributed by atoms with Crippen LogP contribution in [0.4, 0.5) is 33.3 Å². The lowest BCUT2D eigenvalue weighted by atomic mass is 9.88. The number of rotatable bonds is 4. The number of hydrogen-bond donors (Lipinski definition) is 1. The van der Waals surface area contributed by atoms with E-state index in [1.54, 1.807) is 0 Å². The van der Waals surface area contributed by atoms with Gasteiger partial charge in [0.05, 0.1) is 16.9 Å². The molecule has 33 heavy (non-hydrogen) atoms. The number of anilines is 2. The number of fused-ring (bicyclic) bond motifs is 1. The number of likely N-dealkylation sites (tertiary alicyclic amines) is 1. The largest absolute Gasteiger partial charge is 0.419 e. The fourth-order valence-electron chi connectivity index (χ4n) is 5.12. The molecule has 1 atom stereocenters. The summed E-state index contributed by atoms with van der Waals surface area (Å²) in [5.74, 6) is -1.64. The van der Waals surface area contributed by atoms with Crippen LogP contribution in [0.1, 0.15) is 48.8 Å². The molecule has 1 saturated heterocycles. The van der Waals surface area contributed by atoms with E-state index in [2.05, 4.69) is 23.3 Å². The van der Waals surface area contributed by atoms with Gasteiger partial charge in [-0.25, -0.2) is 8.78 Å². The summed E-state index contributed by atoms with van der Waals surface area (Å²) in [6, 6.07) is 6.35. The van der Waals surface area contributed by atoms with Crippen LogP contribution in [0.15, 0.2) is 42.6 Å². The average molecular weight is 466 g/mol. The first kappa shape index (κ1) is 23.5. The van der Waals surface area contributed by atoms with Gasteiger partial charge in [-0.05, 0) is 87.0 Å². The van der Waals surface area contributed by atoms with Crippen molar-refractivity contribution in [3.63, 3.8) is 0 Å². The molecule has 1 fully saturated rings. The summed E-state index contributed by atoms with van der Waals surface area (Å²) in [6.45, 7) is 8.34. The Hall–Kier alpha value is -2.61. The molecule has 178 valence electrons. The van der Waals surface area contributed by atoms with E-state index in [1.807, 2.05) is 0 Å². The number of nitrogen functional groups attached to an aromatic ring is 1. The maximum atomic E-state index is 13.8. The van der Waals surface area contributed by atoms with Crippen molar-refractivity contribution in [2.75, 3.05) is 30.3 Å². The highest BCUT2D eigenvalue weighted by molar-refractivity contribution is 5.75. The number of nitrogens with zero attached hydrogens (tertiary/aromatic N) is 2. The van der Waals surface area contributed by atoms with Crippen LogP contribution in [0.3, 0.4) is 0 Å². The van der Waals surface area contributed by atoms with Gasteiger partial charge in [0.1, 0.15) is 11.6 Å². The van der Waals surface area contributed by atoms with Gasteiger partial charge in [0.2, 0.25) is 0 Å². The van der Waals surface area contributed by atoms with Crippen molar-refractivity contribution < 1.29 is 22.0 Å². The molecule has 2 aliphatic rings. The maximum absolute atomic E-state index is 13.8. The molecule has 0 bridgehead atoms. The molecule has 0 aliphatic carbocycles. The maximum Gasteiger partial charge on any atom is 0.419 e. The first-order valence-electron chi connectivity index (χ1n) is 11.2. The minimum absolute atomic E-state index is 0.0514. The predicted molar refractivity (Wildman–Crippen MR) is 120 cm³/mol. The first-order chi connectivity index (χ1) is 15.5. The molecular formula is C25H28F5N3. The Morgan fingerprint density at radius 2 is 1.79 bits per heavy atom. The van der Waals surface area contributed by atoms with Gasteiger partial charge in [-0.15, -0.1) is 0 Å². The predicted octanol–water partition coefficient (Wildman–Crippen LogP) is 6.10. The summed E-state index contributed by atoms with van der Waals surface area (Å²) in [7, 11) is 0. The first-order valence-corrected chi connectivity index (χ1v) is 11.2. The minimum Gasteiger partial charge on any atom is -0.397 e. The Morgan fingerprint density at radius 3 is 2.45 bits per heavy atom. The van der Waals surface area contributed by atoms with Gasteiger partial charge in [0, 0.05) is 18.3 Å². The summed E-state index contributed by atoms with van der Waals surface area (Å²) in [5, 5.41) is 0. The number of hydrogen-bond acceptors (Lipinski definition) is 3. The van der Waals surface area contributed by atoms with Crippen LogP contribution in [0.5, 0.6) is 0 Å². The number of benzene rings is 2. The lowest BCUT2D eigenvalue weighted by Crippen LogP contribution is -2.42. The van der Waals surface area contributed by atoms with E-state index in [9.17, 15) is 22.0 Å². The van der Waals surface area contributed by atoms with Crippen LogP contribution < -0.4 is 10.6 Å². The quantitative estimate of drug-likeness (QED) is 0.438. The third-order valence-corrected chi connectivity index (χ3v) is 6.80. The summed E-state index contributed by atoms with van der Waals surface area (Å²) < 4.78 is 66.7. The minimum atomic E-state index is -4.70. The van der Waals surface area contributed by atoms with Gasteiger partial charge >= 0.3 is 6.18 Å². The molecule has 8 heteroatoms. The summed E-state index contributed by atoms with van der Waals surface area (Å²) in [4.78, 5) is 4.31. The van der Waals surface area contributed by atoms with Crippen molar-refractivity contribution in [2.45, 2.75) is 50.7 Å². The smallest absolute Gasteiger partial charge is 0.397 e. The fourth-order valence-corrected chi connectivity index (χ4v) is 5.12. The van der Waals surface area contributed by atoms with Crippen molar-refractivity contribution in [3.8, 4) is 0 Å². The molecule has 2 heterocycles. The molecule has 2 aromatic rings. The fraction of sp³-hybridized carbons (Fsp3) is 0.440. The lowest BCUT2D eigenvalue weighted by Gasteiger charge is -2.41. The van der Waals surface area contributed by atoms with Crippen LogP contribution in [0.2, 0.25) is 0 Å². The molecule has 2 aromatic carbocycles. The summed E-state index contributed by atoms with van der Waals surface area (Å²) in [5.41, 5.74) is 8.43. The third kappa shape index (κ3) is 4.86. The van der Waals surface area contributed by atoms with E-state index in [-0.39, 0.29) is 17.8 Å². The zero-order valence-electron chi connectivity index (χ0n) is 18.6. The monoisotopic (exact) mass is 465 g/mol. The zero-order chi connectivity index (χ0) is 23.9. The van der Waals surface area contributed by atoms with Crippen LogP contribution in [-0.4, -0.2) is 30.6 Å². The number of halogens is 5. The van der Waals surface area contributed by atoms with Gasteiger partial charge in [-0.3, -0.25) is 4.90 Å². The van der Waals surface area contributed by atoms with E-state index in [1.165, 1.54) is 18.2 Å². The van der Waals surface area contributed by atoms with Crippen molar-refractivity contribution in [1.82, 2.24) is 4.90 Å². The normalized spacial score (nSPS) is 20.1. The van der Waals surface area contributed by atoms with Crippen LogP contribution in [-0.2, 0) is 12.6 Å². The second-order valence-corrected chi connectivity index (χ2v) is 9.11. The van der Waals surface area contributed by atoms with Gasteiger partial charge < -0.3 is 10.6 Å². The van der Waals surface area contributed by atoms with Crippen molar-refractivity contribution in [1.29, 1.82) is 0 Å². The zero-order valence-corrected chi connectivity index (χ0v) is 18.6. The van der Waals surface area contributed by atoms with E-state index in [0.29, 0.717) is 43.7 Å². The molecule has 0 saturated carbocycles. The molecule has 0 radical (unpaired) electrons. The second kappa shape index (κ2) is 8.97. The second-order valence-electron chi connectivity index (χ2n) is 9.11. The Bertz CT molecular complexity index is 1040. The van der Waals surface area contributed by atoms with E-state index in [4.69, 9.17) is 5.73 Å². The summed E-state index contributed by atoms with van der Waals surface area (Å²) >= 11 is 0. The molecule has 0 amide bonds. The highest BCUT2D eigenvalue weighted by Crippen LogP contribution is 2.39. The molecule has 2 N–H and O–H groups in total. The molecule has 2 aliphatic heterocycles. The standard InChI is InChI=1S/C25H28F5N3/c1-15-3-4-19-11-20(26)13-23(31)24(19)33(15)16(2)14-32-9-7-17(8-10-32)18-5-6-22(27)21(12-18)25(28,29)30/h5-6,11-13,15,17H,2-4,7-10,14,31H2,1H3. The average Bonchev–Trinajstić information content (AvgIpc) is 2.74. The molecule has 3 nitrogen and oxygen atoms in total. The molecule has 0 spiro atoms. The highest BCUT2D eigenvalue weighted by Gasteiger charge is 2.35. The number of piperidine rings is 1. The van der Waals surface area contributed by atoms with Crippen LogP contribution in [0.25, 0.3) is 0 Å². The van der Waals surface area contributed by atoms with E-state index < -0.39 is 17.6 Å². The van der Waals surface area contributed by atoms with Crippen molar-refractivity contribution in [3.05, 3.63) is 70.9 Å². The van der Waals surface area contributed by atoms with Crippen molar-refractivity contribution >= 4 is 11.4 Å². The number of alkyl halides is 3. The topological polar surface area (TPSA) is 32.5 Å². The third-order valence-electron chi connectivity index (χ3n) is 6.80. The van der Waals surface area contributed by atoms with Gasteiger partial charge in [-0.1, -0.05) is 12.6 Å².